The van der Waals surface area contributed by atoms with Gasteiger partial charge in [0.05, 0.1) is 12.9 Å². The molecular weight excluding hydrogens is 332 g/mol. The molecule has 6 nitrogen and oxygen atoms in total. The molecule has 0 bridgehead atoms. The standard InChI is InChI=1S/C20H24N2O4/c23-19(7-2-10-21-20(24)18-6-3-11-26-18)22-17-5-1-4-16(12-17)14-25-13-15-8-9-15/h1,3-6,11-12,15H,2,7-10,13-14H2,(H,21,24)(H,22,23). The van der Waals surface area contributed by atoms with Crippen LogP contribution in [0.3, 0.4) is 0 Å². The van der Waals surface area contributed by atoms with Gasteiger partial charge in [-0.1, -0.05) is 12.1 Å². The maximum Gasteiger partial charge on any atom is 0.286 e. The van der Waals surface area contributed by atoms with Gasteiger partial charge in [-0.25, -0.2) is 0 Å². The molecule has 0 unspecified atom stereocenters. The van der Waals surface area contributed by atoms with E-state index in [2.05, 4.69) is 10.6 Å². The molecule has 0 aliphatic heterocycles. The predicted molar refractivity (Wildman–Crippen MR) is 97.7 cm³/mol. The SMILES string of the molecule is O=C(CCCNC(=O)c1ccco1)Nc1cccc(COCC2CC2)c1. The van der Waals surface area contributed by atoms with Crippen LogP contribution in [0.25, 0.3) is 0 Å². The topological polar surface area (TPSA) is 80.6 Å². The molecule has 1 saturated carbocycles. The number of rotatable bonds is 10. The minimum absolute atomic E-state index is 0.0757. The van der Waals surface area contributed by atoms with Crippen LogP contribution in [0.2, 0.25) is 0 Å². The lowest BCUT2D eigenvalue weighted by Gasteiger charge is -2.08. The Balaban J connectivity index is 1.34. The van der Waals surface area contributed by atoms with Crippen LogP contribution < -0.4 is 10.6 Å². The highest BCUT2D eigenvalue weighted by Crippen LogP contribution is 2.29. The number of ether oxygens (including phenoxy) is 1. The summed E-state index contributed by atoms with van der Waals surface area (Å²) >= 11 is 0. The van der Waals surface area contributed by atoms with E-state index in [-0.39, 0.29) is 17.6 Å². The fourth-order valence-corrected chi connectivity index (χ4v) is 2.54. The summed E-state index contributed by atoms with van der Waals surface area (Å²) in [5.41, 5.74) is 1.82. The molecule has 1 aromatic carbocycles. The summed E-state index contributed by atoms with van der Waals surface area (Å²) in [6.07, 6.45) is 4.90. The van der Waals surface area contributed by atoms with Gasteiger partial charge in [0.15, 0.2) is 5.76 Å². The van der Waals surface area contributed by atoms with Crippen molar-refractivity contribution in [2.75, 3.05) is 18.5 Å². The van der Waals surface area contributed by atoms with E-state index < -0.39 is 0 Å². The van der Waals surface area contributed by atoms with Gasteiger partial charge < -0.3 is 19.8 Å². The average molecular weight is 356 g/mol. The third-order valence-electron chi connectivity index (χ3n) is 4.14. The highest BCUT2D eigenvalue weighted by Gasteiger charge is 2.21. The van der Waals surface area contributed by atoms with Crippen molar-refractivity contribution in [3.05, 3.63) is 54.0 Å². The van der Waals surface area contributed by atoms with Gasteiger partial charge in [-0.15, -0.1) is 0 Å². The van der Waals surface area contributed by atoms with Crippen molar-refractivity contribution in [1.29, 1.82) is 0 Å². The normalized spacial score (nSPS) is 13.4. The zero-order valence-corrected chi connectivity index (χ0v) is 14.7. The van der Waals surface area contributed by atoms with Gasteiger partial charge in [-0.2, -0.15) is 0 Å². The van der Waals surface area contributed by atoms with Crippen molar-refractivity contribution in [3.63, 3.8) is 0 Å². The van der Waals surface area contributed by atoms with Crippen molar-refractivity contribution >= 4 is 17.5 Å². The second-order valence-corrected chi connectivity index (χ2v) is 6.54. The monoisotopic (exact) mass is 356 g/mol. The molecule has 1 aromatic heterocycles. The molecule has 3 rings (SSSR count). The van der Waals surface area contributed by atoms with Crippen molar-refractivity contribution in [2.45, 2.75) is 32.3 Å². The Morgan fingerprint density at radius 2 is 2.08 bits per heavy atom. The van der Waals surface area contributed by atoms with E-state index in [0.717, 1.165) is 23.8 Å². The first-order valence-electron chi connectivity index (χ1n) is 8.99. The second kappa shape index (κ2) is 9.20. The Hall–Kier alpha value is -2.60. The number of nitrogens with one attached hydrogen (secondary N) is 2. The lowest BCUT2D eigenvalue weighted by atomic mass is 10.2. The summed E-state index contributed by atoms with van der Waals surface area (Å²) in [5.74, 6) is 0.670. The minimum Gasteiger partial charge on any atom is -0.459 e. The fourth-order valence-electron chi connectivity index (χ4n) is 2.54. The van der Waals surface area contributed by atoms with Gasteiger partial charge in [-0.05, 0) is 55.0 Å². The van der Waals surface area contributed by atoms with Crippen molar-refractivity contribution in [1.82, 2.24) is 5.32 Å². The first-order valence-corrected chi connectivity index (χ1v) is 8.99. The average Bonchev–Trinajstić information content (AvgIpc) is 3.29. The predicted octanol–water partition coefficient (Wildman–Crippen LogP) is 3.35. The molecule has 2 amide bonds. The largest absolute Gasteiger partial charge is 0.459 e. The maximum absolute atomic E-state index is 12.0. The number of benzene rings is 1. The zero-order chi connectivity index (χ0) is 18.2. The van der Waals surface area contributed by atoms with E-state index in [0.29, 0.717) is 26.0 Å². The summed E-state index contributed by atoms with van der Waals surface area (Å²) in [5, 5.41) is 5.61. The summed E-state index contributed by atoms with van der Waals surface area (Å²) in [6.45, 7) is 1.81. The molecule has 1 aliphatic carbocycles. The highest BCUT2D eigenvalue weighted by atomic mass is 16.5. The summed E-state index contributed by atoms with van der Waals surface area (Å²) in [4.78, 5) is 23.7. The molecule has 2 N–H and O–H groups in total. The van der Waals surface area contributed by atoms with Gasteiger partial charge in [0, 0.05) is 25.3 Å². The molecule has 0 saturated heterocycles. The van der Waals surface area contributed by atoms with Crippen LogP contribution in [0.1, 0.15) is 41.8 Å². The Labute approximate surface area is 152 Å². The Morgan fingerprint density at radius 1 is 1.19 bits per heavy atom. The lowest BCUT2D eigenvalue weighted by Crippen LogP contribution is -2.25. The molecule has 1 aliphatic rings. The number of amides is 2. The van der Waals surface area contributed by atoms with Crippen LogP contribution >= 0.6 is 0 Å². The Kier molecular flexibility index (Phi) is 6.44. The van der Waals surface area contributed by atoms with Crippen molar-refractivity contribution in [3.8, 4) is 0 Å². The Bertz CT molecular complexity index is 723. The lowest BCUT2D eigenvalue weighted by molar-refractivity contribution is -0.116. The van der Waals surface area contributed by atoms with Crippen LogP contribution in [0.5, 0.6) is 0 Å². The molecule has 138 valence electrons. The molecule has 1 heterocycles. The van der Waals surface area contributed by atoms with Gasteiger partial charge in [0.2, 0.25) is 5.91 Å². The van der Waals surface area contributed by atoms with Crippen LogP contribution in [0.4, 0.5) is 5.69 Å². The Morgan fingerprint density at radius 3 is 2.85 bits per heavy atom. The number of carbonyl (C=O) groups excluding carboxylic acids is 2. The van der Waals surface area contributed by atoms with Gasteiger partial charge >= 0.3 is 0 Å². The molecular formula is C20H24N2O4. The molecule has 2 aromatic rings. The molecule has 0 spiro atoms. The fraction of sp³-hybridized carbons (Fsp3) is 0.400. The minimum atomic E-state index is -0.269. The maximum atomic E-state index is 12.0. The van der Waals surface area contributed by atoms with E-state index in [1.54, 1.807) is 12.1 Å². The smallest absolute Gasteiger partial charge is 0.286 e. The van der Waals surface area contributed by atoms with Gasteiger partial charge in [0.25, 0.3) is 5.91 Å². The van der Waals surface area contributed by atoms with Crippen LogP contribution in [0, 0.1) is 5.92 Å². The number of anilines is 1. The van der Waals surface area contributed by atoms with E-state index in [1.807, 2.05) is 24.3 Å². The van der Waals surface area contributed by atoms with Gasteiger partial charge in [0.1, 0.15) is 0 Å². The van der Waals surface area contributed by atoms with Gasteiger partial charge in [-0.3, -0.25) is 9.59 Å². The molecule has 1 fully saturated rings. The zero-order valence-electron chi connectivity index (χ0n) is 14.7. The molecule has 0 radical (unpaired) electrons. The van der Waals surface area contributed by atoms with E-state index >= 15 is 0 Å². The summed E-state index contributed by atoms with van der Waals surface area (Å²) in [6, 6.07) is 11.0. The van der Waals surface area contributed by atoms with E-state index in [1.165, 1.54) is 19.1 Å². The third kappa shape index (κ3) is 6.04. The quantitative estimate of drug-likeness (QED) is 0.640. The van der Waals surface area contributed by atoms with E-state index in [9.17, 15) is 9.59 Å². The number of furan rings is 1. The molecule has 6 heteroatoms. The summed E-state index contributed by atoms with van der Waals surface area (Å²) in [7, 11) is 0. The number of hydrogen-bond donors (Lipinski definition) is 2. The third-order valence-corrected chi connectivity index (χ3v) is 4.14. The van der Waals surface area contributed by atoms with Crippen molar-refractivity contribution < 1.29 is 18.7 Å². The van der Waals surface area contributed by atoms with Crippen LogP contribution in [-0.2, 0) is 16.1 Å². The van der Waals surface area contributed by atoms with Crippen molar-refractivity contribution in [2.24, 2.45) is 5.92 Å². The number of hydrogen-bond acceptors (Lipinski definition) is 4. The molecule has 0 atom stereocenters. The second-order valence-electron chi connectivity index (χ2n) is 6.54. The number of carbonyl (C=O) groups is 2. The summed E-state index contributed by atoms with van der Waals surface area (Å²) < 4.78 is 10.7. The molecule has 26 heavy (non-hydrogen) atoms. The van der Waals surface area contributed by atoms with Crippen LogP contribution in [0.15, 0.2) is 47.1 Å². The highest BCUT2D eigenvalue weighted by molar-refractivity contribution is 5.92. The van der Waals surface area contributed by atoms with Crippen LogP contribution in [-0.4, -0.2) is 25.0 Å². The first kappa shape index (κ1) is 18.2. The first-order chi connectivity index (χ1) is 12.7. The van der Waals surface area contributed by atoms with E-state index in [4.69, 9.17) is 9.15 Å².